The fraction of sp³-hybridized carbons (Fsp3) is 0.233. The summed E-state index contributed by atoms with van der Waals surface area (Å²) in [6, 6.07) is 25.5. The van der Waals surface area contributed by atoms with Crippen LogP contribution in [-0.4, -0.2) is 16.4 Å². The van der Waals surface area contributed by atoms with Crippen molar-refractivity contribution in [2.24, 2.45) is 9.98 Å². The molecule has 4 aromatic rings. The summed E-state index contributed by atoms with van der Waals surface area (Å²) in [5.74, 6) is 0.771. The van der Waals surface area contributed by atoms with Crippen molar-refractivity contribution in [2.45, 2.75) is 46.1 Å². The summed E-state index contributed by atoms with van der Waals surface area (Å²) < 4.78 is 0. The summed E-state index contributed by atoms with van der Waals surface area (Å²) in [5, 5.41) is 2.47. The molecule has 0 saturated carbocycles. The van der Waals surface area contributed by atoms with Gasteiger partial charge in [0, 0.05) is 22.7 Å². The molecule has 0 unspecified atom stereocenters. The summed E-state index contributed by atoms with van der Waals surface area (Å²) in [7, 11) is 9.53. The Morgan fingerprint density at radius 2 is 1.33 bits per heavy atom. The van der Waals surface area contributed by atoms with E-state index < -0.39 is 0 Å². The zero-order valence-electron chi connectivity index (χ0n) is 20.8. The number of benzene rings is 3. The number of nitrogens with zero attached hydrogens (tertiary/aromatic N) is 3. The first-order valence-corrected chi connectivity index (χ1v) is 15.0. The van der Waals surface area contributed by atoms with E-state index in [0.717, 1.165) is 33.9 Å². The second-order valence-electron chi connectivity index (χ2n) is 9.30. The normalized spacial score (nSPS) is 14.8. The third-order valence-corrected chi connectivity index (χ3v) is 6.33. The molecule has 5 rings (SSSR count). The molecule has 0 amide bonds. The van der Waals surface area contributed by atoms with E-state index in [9.17, 15) is 0 Å². The Bertz CT molecular complexity index is 1380. The summed E-state index contributed by atoms with van der Waals surface area (Å²) in [6.45, 7) is 9.49. The molecule has 6 heteroatoms. The van der Waals surface area contributed by atoms with Crippen LogP contribution in [0, 0.1) is 0 Å². The number of aromatic nitrogens is 1. The number of hydrogen-bond acceptors (Lipinski definition) is 3. The Kier molecular flexibility index (Phi) is 8.98. The van der Waals surface area contributed by atoms with Gasteiger partial charge in [-0.2, -0.15) is 0 Å². The van der Waals surface area contributed by atoms with Crippen molar-refractivity contribution in [1.82, 2.24) is 4.98 Å². The zero-order valence-corrected chi connectivity index (χ0v) is 23.4. The van der Waals surface area contributed by atoms with E-state index >= 15 is 0 Å². The van der Waals surface area contributed by atoms with Crippen molar-refractivity contribution < 1.29 is 13.1 Å². The van der Waals surface area contributed by atoms with Gasteiger partial charge in [-0.15, -0.1) is 0 Å². The molecule has 1 aromatic heterocycles. The van der Waals surface area contributed by atoms with Gasteiger partial charge in [0.05, 0.1) is 29.3 Å². The second kappa shape index (κ2) is 12.2. The van der Waals surface area contributed by atoms with Gasteiger partial charge in [-0.05, 0) is 40.5 Å². The quantitative estimate of drug-likeness (QED) is 0.225. The molecule has 3 aromatic carbocycles. The van der Waals surface area contributed by atoms with Gasteiger partial charge in [0.25, 0.3) is 0 Å². The summed E-state index contributed by atoms with van der Waals surface area (Å²) >= 11 is 0.194. The molecule has 3 nitrogen and oxygen atoms in total. The van der Waals surface area contributed by atoms with Crippen molar-refractivity contribution in [1.29, 1.82) is 0 Å². The molecule has 0 fully saturated rings. The first-order valence-electron chi connectivity index (χ1n) is 12.0. The van der Waals surface area contributed by atoms with Gasteiger partial charge >= 0.3 is 33.3 Å². The zero-order chi connectivity index (χ0) is 25.7. The van der Waals surface area contributed by atoms with Crippen LogP contribution in [0.15, 0.2) is 89.0 Å². The number of pyridine rings is 1. The molecule has 0 saturated heterocycles. The molecule has 36 heavy (non-hydrogen) atoms. The number of hydrogen-bond donors (Lipinski definition) is 0. The molecule has 0 spiro atoms. The minimum absolute atomic E-state index is 0.194. The van der Waals surface area contributed by atoms with E-state index in [-0.39, 0.29) is 13.1 Å². The number of rotatable bonds is 5. The molecule has 0 aliphatic heterocycles. The van der Waals surface area contributed by atoms with E-state index in [1.165, 1.54) is 21.9 Å². The topological polar surface area (TPSA) is 37.6 Å². The summed E-state index contributed by atoms with van der Waals surface area (Å²) in [5.41, 5.74) is 8.85. The van der Waals surface area contributed by atoms with Crippen LogP contribution in [0.25, 0.3) is 10.8 Å². The standard InChI is InChI=1S/C30H29N3.2ClH.Fe/c1-19(2)23-13-9-14-24(20(3)4)28(23)33-30-26-16-8-11-21-10-7-15-25(27(21)26)29(30)32-18-22-12-5-6-17-31-22;;;/h5-17,19-20H,18H2,1-4H3;2*1H;/q;;;+2/p-2. The average molecular weight is 558 g/mol. The first kappa shape index (κ1) is 26.6. The Morgan fingerprint density at radius 1 is 0.750 bits per heavy atom. The van der Waals surface area contributed by atoms with Crippen LogP contribution in [0.1, 0.15) is 67.5 Å². The molecule has 1 aliphatic carbocycles. The summed E-state index contributed by atoms with van der Waals surface area (Å²) in [6.07, 6.45) is 1.82. The monoisotopic (exact) mass is 557 g/mol. The van der Waals surface area contributed by atoms with Gasteiger partial charge in [0.2, 0.25) is 0 Å². The average Bonchev–Trinajstić information content (AvgIpc) is 3.18. The van der Waals surface area contributed by atoms with Gasteiger partial charge < -0.3 is 0 Å². The Hall–Kier alpha value is -2.49. The molecule has 0 bridgehead atoms. The fourth-order valence-electron chi connectivity index (χ4n) is 4.67. The third kappa shape index (κ3) is 5.58. The van der Waals surface area contributed by atoms with Crippen molar-refractivity contribution in [3.63, 3.8) is 0 Å². The van der Waals surface area contributed by atoms with E-state index in [2.05, 4.69) is 87.3 Å². The van der Waals surface area contributed by atoms with Gasteiger partial charge in [-0.3, -0.25) is 9.98 Å². The van der Waals surface area contributed by atoms with Gasteiger partial charge in [-0.25, -0.2) is 4.99 Å². The maximum atomic E-state index is 5.40. The third-order valence-electron chi connectivity index (χ3n) is 6.33. The van der Waals surface area contributed by atoms with Crippen LogP contribution in [0.2, 0.25) is 0 Å². The van der Waals surface area contributed by atoms with E-state index in [4.69, 9.17) is 30.2 Å². The van der Waals surface area contributed by atoms with E-state index in [0.29, 0.717) is 18.4 Å². The van der Waals surface area contributed by atoms with Crippen molar-refractivity contribution in [3.05, 3.63) is 107 Å². The van der Waals surface area contributed by atoms with Gasteiger partial charge in [-0.1, -0.05) is 88.4 Å². The van der Waals surface area contributed by atoms with Gasteiger partial charge in [0.15, 0.2) is 0 Å². The van der Waals surface area contributed by atoms with Gasteiger partial charge in [0.1, 0.15) is 0 Å². The van der Waals surface area contributed by atoms with Crippen LogP contribution in [-0.2, 0) is 19.7 Å². The van der Waals surface area contributed by atoms with E-state index in [1.807, 2.05) is 24.4 Å². The fourth-order valence-corrected chi connectivity index (χ4v) is 4.67. The molecule has 0 N–H and O–H groups in total. The molecule has 0 radical (unpaired) electrons. The van der Waals surface area contributed by atoms with Crippen molar-refractivity contribution >= 4 is 48.1 Å². The maximum absolute atomic E-state index is 5.40. The van der Waals surface area contributed by atoms with E-state index in [1.54, 1.807) is 0 Å². The van der Waals surface area contributed by atoms with Crippen LogP contribution >= 0.6 is 20.2 Å². The number of para-hydroxylation sites is 1. The van der Waals surface area contributed by atoms with Crippen LogP contribution in [0.5, 0.6) is 0 Å². The Labute approximate surface area is 228 Å². The Balaban J connectivity index is 0.000000967. The predicted molar refractivity (Wildman–Crippen MR) is 151 cm³/mol. The van der Waals surface area contributed by atoms with Crippen LogP contribution in [0.4, 0.5) is 5.69 Å². The van der Waals surface area contributed by atoms with Crippen molar-refractivity contribution in [2.75, 3.05) is 0 Å². The molecular formula is C30H29Cl2FeN3. The number of halogens is 2. The Morgan fingerprint density at radius 3 is 1.89 bits per heavy atom. The predicted octanol–water partition coefficient (Wildman–Crippen LogP) is 8.98. The van der Waals surface area contributed by atoms with Crippen molar-refractivity contribution in [3.8, 4) is 0 Å². The van der Waals surface area contributed by atoms with Crippen LogP contribution < -0.4 is 0 Å². The first-order chi connectivity index (χ1) is 17.5. The SMILES string of the molecule is CC(C)c1cccc(C(C)C)c1N=C1C(=NCc2ccccn2)c2cccc3cccc1c23.[Cl][Fe][Cl]. The minimum atomic E-state index is 0.194. The van der Waals surface area contributed by atoms with Crippen LogP contribution in [0.3, 0.4) is 0 Å². The molecular weight excluding hydrogens is 529 g/mol. The molecule has 1 aliphatic rings. The molecule has 186 valence electrons. The second-order valence-corrected chi connectivity index (χ2v) is 11.1. The molecule has 1 heterocycles. The number of aliphatic imine (C=N–C) groups is 2. The summed E-state index contributed by atoms with van der Waals surface area (Å²) in [4.78, 5) is 15.0. The molecule has 0 atom stereocenters.